The molecule has 5 aliphatic heterocycles. The van der Waals surface area contributed by atoms with E-state index in [-0.39, 0.29) is 85.3 Å². The quantitative estimate of drug-likeness (QED) is 0.0857. The molecule has 5 aliphatic rings. The van der Waals surface area contributed by atoms with Gasteiger partial charge in [0.2, 0.25) is 5.88 Å². The molecule has 579 valence electrons. The van der Waals surface area contributed by atoms with Gasteiger partial charge in [0.1, 0.15) is 11.2 Å². The Morgan fingerprint density at radius 1 is 0.571 bits per heavy atom. The number of piperidine rings is 1. The maximum Gasteiger partial charge on any atom is 1.00 e. The third-order valence-corrected chi connectivity index (χ3v) is 18.7. The van der Waals surface area contributed by atoms with Crippen molar-refractivity contribution in [3.8, 4) is 0 Å². The first kappa shape index (κ1) is 94.6. The number of nitrogens with zero attached hydrogens (tertiary/aromatic N) is 3. The zero-order valence-electron chi connectivity index (χ0n) is 61.3. The number of nitrogens with one attached hydrogen (secondary N) is 1. The maximum atomic E-state index is 12.9. The number of hydrogen-bond donors (Lipinski definition) is 1. The van der Waals surface area contributed by atoms with Gasteiger partial charge >= 0.3 is 89.2 Å². The van der Waals surface area contributed by atoms with Gasteiger partial charge < -0.3 is 29.7 Å². The molecule has 0 aromatic heterocycles. The van der Waals surface area contributed by atoms with Crippen LogP contribution in [0.3, 0.4) is 0 Å². The van der Waals surface area contributed by atoms with Gasteiger partial charge in [0, 0.05) is 39.8 Å². The van der Waals surface area contributed by atoms with E-state index in [1.807, 2.05) is 40.7 Å². The summed E-state index contributed by atoms with van der Waals surface area (Å²) in [7, 11) is -6.57. The minimum absolute atomic E-state index is 0. The third kappa shape index (κ3) is 27.8. The Labute approximate surface area is 648 Å². The molecule has 4 aromatic rings. The molecule has 1 N–H and O–H groups in total. The van der Waals surface area contributed by atoms with Crippen molar-refractivity contribution in [1.82, 2.24) is 15.1 Å². The molecule has 4 aromatic carbocycles. The van der Waals surface area contributed by atoms with Crippen LogP contribution in [-0.4, -0.2) is 106 Å². The number of carbonyl (C=O) groups excluding carboxylic acids is 2. The van der Waals surface area contributed by atoms with E-state index in [4.69, 9.17) is 65.2 Å². The molecule has 3 radical (unpaired) electrons. The molecule has 2 saturated heterocycles. The molecule has 2 amide bonds. The number of allylic oxidation sites excluding steroid dienone is 2. The summed E-state index contributed by atoms with van der Waals surface area (Å²) < 4.78 is 237. The van der Waals surface area contributed by atoms with Crippen LogP contribution in [0.15, 0.2) is 95.8 Å². The normalized spacial score (nSPS) is 20.7. The van der Waals surface area contributed by atoms with Crippen LogP contribution in [0.5, 0.6) is 0 Å². The summed E-state index contributed by atoms with van der Waals surface area (Å²) in [5.74, 6) is 0.615. The second-order valence-electron chi connectivity index (χ2n) is 28.5. The van der Waals surface area contributed by atoms with Crippen LogP contribution in [0.4, 0.5) is 75.4 Å². The molecular formula is C69H83B2Cl4F15N4NaO9S. The van der Waals surface area contributed by atoms with E-state index in [9.17, 15) is 83.9 Å². The van der Waals surface area contributed by atoms with Gasteiger partial charge in [0.25, 0.3) is 0 Å². The van der Waals surface area contributed by atoms with Crippen LogP contribution >= 0.6 is 46.4 Å². The summed E-state index contributed by atoms with van der Waals surface area (Å²) in [5, 5.41) is 2.09. The van der Waals surface area contributed by atoms with Crippen molar-refractivity contribution < 1.29 is 138 Å². The molecule has 105 heavy (non-hydrogen) atoms. The molecule has 5 atom stereocenters. The summed E-state index contributed by atoms with van der Waals surface area (Å²) in [5.41, 5.74) is -7.72. The monoisotopic (exact) mass is 1610 g/mol. The summed E-state index contributed by atoms with van der Waals surface area (Å²) in [6, 6.07) is 15.0. The van der Waals surface area contributed by atoms with E-state index >= 15 is 0 Å². The van der Waals surface area contributed by atoms with E-state index in [0.717, 1.165) is 85.3 Å². The molecule has 36 heteroatoms. The van der Waals surface area contributed by atoms with Crippen LogP contribution in [-0.2, 0) is 57.8 Å². The van der Waals surface area contributed by atoms with Crippen LogP contribution < -0.4 is 40.3 Å². The largest absolute Gasteiger partial charge is 1.00 e. The van der Waals surface area contributed by atoms with Crippen LogP contribution in [0.1, 0.15) is 182 Å². The predicted molar refractivity (Wildman–Crippen MR) is 373 cm³/mol. The molecule has 2 fully saturated rings. The third-order valence-electron chi connectivity index (χ3n) is 16.5. The number of hydrogen-bond acceptors (Lipinski definition) is 11. The van der Waals surface area contributed by atoms with E-state index in [1.165, 1.54) is 53.4 Å². The van der Waals surface area contributed by atoms with Crippen molar-refractivity contribution in [3.05, 3.63) is 150 Å². The smallest absolute Gasteiger partial charge is 1.00 e. The van der Waals surface area contributed by atoms with Crippen molar-refractivity contribution in [1.29, 1.82) is 0 Å². The maximum absolute atomic E-state index is 12.9. The van der Waals surface area contributed by atoms with E-state index in [1.54, 1.807) is 48.5 Å². The molecule has 9 rings (SSSR count). The Hall–Kier alpha value is -4.56. The molecule has 0 aliphatic carbocycles. The van der Waals surface area contributed by atoms with E-state index < -0.39 is 115 Å². The average molecular weight is 1620 g/mol. The summed E-state index contributed by atoms with van der Waals surface area (Å²) in [4.78, 5) is 31.1. The average Bonchev–Trinajstić information content (AvgIpc) is 1.57. The fourth-order valence-corrected chi connectivity index (χ4v) is 12.0. The minimum atomic E-state index is -5.84. The summed E-state index contributed by atoms with van der Waals surface area (Å²) in [6.07, 6.45) is -11.5. The van der Waals surface area contributed by atoms with Crippen LogP contribution in [0, 0.1) is 23.7 Å². The number of halogens is 19. The fourth-order valence-electron chi connectivity index (χ4n) is 10.3. The first-order chi connectivity index (χ1) is 46.8. The Kier molecular flexibility index (Phi) is 33.3. The predicted octanol–water partition coefficient (Wildman–Crippen LogP) is 18.3. The van der Waals surface area contributed by atoms with Gasteiger partial charge in [-0.25, -0.2) is 14.5 Å². The number of benzene rings is 4. The van der Waals surface area contributed by atoms with Gasteiger partial charge in [-0.3, -0.25) is 9.89 Å². The molecule has 0 bridgehead atoms. The summed E-state index contributed by atoms with van der Waals surface area (Å²) >= 11 is 22.9. The first-order valence-electron chi connectivity index (χ1n) is 32.3. The SMILES string of the molecule is CC1(C)OB(c2ccc(C(F)(F)F)c(Cl)c2)OC1(C)C.CC1CC=C(OS(=O)(=O)C(F)(F)F)N(C(=O)OC(C)(C)C)C1.CC1CC=C(c2ccc(C(F)(F)F)c(Cl)c2)N(C(=O)OC(C)(C)C)C1.CC1CCC(c2ccc(C(F)(F)F)c(Cl)c2)=NC1.CC1CCC(c2ccc(C(F)(F)F)c(Cl)c2)NC1.[B].[H-].[Na+]. The van der Waals surface area contributed by atoms with E-state index in [2.05, 4.69) is 28.3 Å². The Bertz CT molecular complexity index is 3830. The zero-order chi connectivity index (χ0) is 78.4. The first-order valence-corrected chi connectivity index (χ1v) is 35.2. The van der Waals surface area contributed by atoms with Crippen molar-refractivity contribution in [3.63, 3.8) is 0 Å². The Morgan fingerprint density at radius 2 is 0.990 bits per heavy atom. The minimum Gasteiger partial charge on any atom is -1.00 e. The molecule has 5 unspecified atom stereocenters. The van der Waals surface area contributed by atoms with Gasteiger partial charge in [0.15, 0.2) is 0 Å². The standard InChI is InChI=1S/C18H21ClF3NO2.C13H15BClF3O2.C13H15ClF3N.C13H13ClF3N.C12H18F3NO5S.B.Na.H/c1-11-5-8-15(23(10-11)16(24)25-17(2,3)4)12-6-7-13(14(19)9-12)18(20,21)22;1-11(2)12(3,4)20-14(19-11)8-5-6-9(10(15)7-8)13(16,17)18;2*1-8-2-5-12(18-7-8)9-3-4-10(11(14)6-9)13(15,16)17;1-8-5-6-9(21-22(18,19)12(13,14)15)16(7-8)10(17)20-11(2,3)4;;;/h6-9,11H,5,10H2,1-4H3;5-7H,1-4H3;3-4,6,8,12,18H,2,5,7H2,1H3;3-4,6,8H,2,5,7H2,1H3;6,8H,5,7H2,1-4H3;;;/q;;;;;;+1;-1. The van der Waals surface area contributed by atoms with Gasteiger partial charge in [-0.2, -0.15) is 74.3 Å². The molecule has 13 nitrogen and oxygen atoms in total. The van der Waals surface area contributed by atoms with Crippen molar-refractivity contribution in [2.24, 2.45) is 28.7 Å². The number of amides is 2. The second kappa shape index (κ2) is 37.0. The second-order valence-corrected chi connectivity index (χ2v) is 31.7. The number of rotatable bonds is 6. The van der Waals surface area contributed by atoms with Crippen LogP contribution in [0.25, 0.3) is 5.70 Å². The van der Waals surface area contributed by atoms with Crippen molar-refractivity contribution >= 4 is 101 Å². The number of ether oxygens (including phenoxy) is 2. The van der Waals surface area contributed by atoms with Gasteiger partial charge in [-0.15, -0.1) is 0 Å². The van der Waals surface area contributed by atoms with Gasteiger partial charge in [-0.1, -0.05) is 104 Å². The number of alkyl halides is 15. The molecule has 5 heterocycles. The van der Waals surface area contributed by atoms with Crippen molar-refractivity contribution in [2.75, 3.05) is 26.2 Å². The van der Waals surface area contributed by atoms with E-state index in [0.29, 0.717) is 47.1 Å². The molecule has 0 saturated carbocycles. The Balaban J connectivity index is 0.000000449. The van der Waals surface area contributed by atoms with Crippen molar-refractivity contribution in [2.45, 2.75) is 194 Å². The topological polar surface area (TPSA) is 145 Å². The molecular weight excluding hydrogens is 1530 g/mol. The summed E-state index contributed by atoms with van der Waals surface area (Å²) in [6.45, 7) is 27.6. The van der Waals surface area contributed by atoms with Gasteiger partial charge in [0.05, 0.1) is 59.2 Å². The van der Waals surface area contributed by atoms with Gasteiger partial charge in [-0.05, 0) is 215 Å². The van der Waals surface area contributed by atoms with Crippen LogP contribution in [0.2, 0.25) is 20.1 Å². The fraction of sp³-hybridized carbons (Fsp3) is 0.551. The molecule has 0 spiro atoms. The Morgan fingerprint density at radius 3 is 1.40 bits per heavy atom. The number of carbonyl (C=O) groups is 2. The number of aliphatic imine (C=N–C) groups is 1. The zero-order valence-corrected chi connectivity index (χ0v) is 66.1.